The molecule has 0 bridgehead atoms. The minimum atomic E-state index is -0.493. The van der Waals surface area contributed by atoms with Gasteiger partial charge >= 0.3 is 0 Å². The van der Waals surface area contributed by atoms with Gasteiger partial charge in [-0.25, -0.2) is 0 Å². The summed E-state index contributed by atoms with van der Waals surface area (Å²) in [6, 6.07) is 0. The monoisotopic (exact) mass is 257 g/mol. The van der Waals surface area contributed by atoms with E-state index in [1.54, 1.807) is 21.2 Å². The zero-order valence-electron chi connectivity index (χ0n) is 11.4. The third-order valence-corrected chi connectivity index (χ3v) is 3.36. The predicted molar refractivity (Wildman–Crippen MR) is 68.1 cm³/mol. The van der Waals surface area contributed by atoms with Crippen LogP contribution in [0.1, 0.15) is 12.8 Å². The first-order chi connectivity index (χ1) is 8.52. The summed E-state index contributed by atoms with van der Waals surface area (Å²) in [5.74, 6) is -0.189. The average molecular weight is 257 g/mol. The Balaban J connectivity index is 2.57. The summed E-state index contributed by atoms with van der Waals surface area (Å²) in [6.45, 7) is 2.05. The molecule has 0 aromatic carbocycles. The Morgan fingerprint density at radius 1 is 1.33 bits per heavy atom. The van der Waals surface area contributed by atoms with E-state index in [0.29, 0.717) is 6.61 Å². The van der Waals surface area contributed by atoms with Gasteiger partial charge in [0.15, 0.2) is 0 Å². The summed E-state index contributed by atoms with van der Waals surface area (Å²) in [5.41, 5.74) is -0.493. The first-order valence-electron chi connectivity index (χ1n) is 6.20. The van der Waals surface area contributed by atoms with Crippen molar-refractivity contribution in [1.29, 1.82) is 0 Å². The molecule has 1 saturated heterocycles. The van der Waals surface area contributed by atoms with Crippen molar-refractivity contribution in [2.75, 3.05) is 47.4 Å². The van der Waals surface area contributed by atoms with Crippen LogP contribution in [0.2, 0.25) is 0 Å². The fourth-order valence-electron chi connectivity index (χ4n) is 2.12. The van der Waals surface area contributed by atoms with Crippen molar-refractivity contribution in [2.45, 2.75) is 12.8 Å². The number of methoxy groups -OCH3 is 1. The molecule has 2 N–H and O–H groups in total. The highest BCUT2D eigenvalue weighted by Crippen LogP contribution is 2.29. The topological polar surface area (TPSA) is 70.7 Å². The van der Waals surface area contributed by atoms with Gasteiger partial charge in [0.1, 0.15) is 0 Å². The molecule has 1 rings (SSSR count). The van der Waals surface area contributed by atoms with Crippen LogP contribution in [0.4, 0.5) is 0 Å². The largest absolute Gasteiger partial charge is 0.384 e. The zero-order chi connectivity index (χ0) is 13.6. The van der Waals surface area contributed by atoms with Crippen molar-refractivity contribution >= 4 is 11.8 Å². The minimum Gasteiger partial charge on any atom is -0.384 e. The van der Waals surface area contributed by atoms with E-state index in [1.807, 2.05) is 0 Å². The number of hydrogen-bond acceptors (Lipinski definition) is 4. The van der Waals surface area contributed by atoms with E-state index in [1.165, 1.54) is 4.90 Å². The first kappa shape index (κ1) is 14.9. The average Bonchev–Trinajstić information content (AvgIpc) is 2.36. The number of ether oxygens (including phenoxy) is 1. The number of nitrogens with zero attached hydrogens (tertiary/aromatic N) is 1. The SMILES string of the molecule is COCC1(C(=O)NCC(=O)N(C)C)CCNCC1. The van der Waals surface area contributed by atoms with Gasteiger partial charge in [0, 0.05) is 21.2 Å². The highest BCUT2D eigenvalue weighted by atomic mass is 16.5. The molecule has 104 valence electrons. The third-order valence-electron chi connectivity index (χ3n) is 3.36. The summed E-state index contributed by atoms with van der Waals surface area (Å²) in [4.78, 5) is 25.2. The molecule has 0 unspecified atom stereocenters. The lowest BCUT2D eigenvalue weighted by Gasteiger charge is -2.35. The van der Waals surface area contributed by atoms with Crippen LogP contribution in [-0.2, 0) is 14.3 Å². The summed E-state index contributed by atoms with van der Waals surface area (Å²) in [5, 5.41) is 5.95. The Hall–Kier alpha value is -1.14. The maximum Gasteiger partial charge on any atom is 0.241 e. The minimum absolute atomic E-state index is 0.0464. The van der Waals surface area contributed by atoms with E-state index in [4.69, 9.17) is 4.74 Å². The zero-order valence-corrected chi connectivity index (χ0v) is 11.4. The molecule has 0 saturated carbocycles. The van der Waals surface area contributed by atoms with E-state index in [-0.39, 0.29) is 18.4 Å². The molecule has 1 aliphatic heterocycles. The standard InChI is InChI=1S/C12H23N3O3/c1-15(2)10(16)8-14-11(17)12(9-18-3)4-6-13-7-5-12/h13H,4-9H2,1-3H3,(H,14,17). The van der Waals surface area contributed by atoms with E-state index in [9.17, 15) is 9.59 Å². The molecule has 6 nitrogen and oxygen atoms in total. The van der Waals surface area contributed by atoms with E-state index >= 15 is 0 Å². The Bertz CT molecular complexity index is 293. The number of likely N-dealkylation sites (N-methyl/N-ethyl adjacent to an activating group) is 1. The highest BCUT2D eigenvalue weighted by molar-refractivity contribution is 5.88. The van der Waals surface area contributed by atoms with Crippen molar-refractivity contribution in [3.05, 3.63) is 0 Å². The second-order valence-electron chi connectivity index (χ2n) is 4.93. The number of carbonyl (C=O) groups excluding carboxylic acids is 2. The quantitative estimate of drug-likeness (QED) is 0.677. The summed E-state index contributed by atoms with van der Waals surface area (Å²) < 4.78 is 5.18. The molecule has 0 aromatic rings. The summed E-state index contributed by atoms with van der Waals surface area (Å²) >= 11 is 0. The van der Waals surface area contributed by atoms with Gasteiger partial charge in [0.05, 0.1) is 18.6 Å². The van der Waals surface area contributed by atoms with Crippen LogP contribution in [0.3, 0.4) is 0 Å². The van der Waals surface area contributed by atoms with Gasteiger partial charge < -0.3 is 20.3 Å². The molecule has 1 aliphatic rings. The molecule has 2 amide bonds. The second kappa shape index (κ2) is 6.70. The van der Waals surface area contributed by atoms with E-state index < -0.39 is 5.41 Å². The van der Waals surface area contributed by atoms with Gasteiger partial charge in [-0.1, -0.05) is 0 Å². The van der Waals surface area contributed by atoms with Crippen molar-refractivity contribution in [2.24, 2.45) is 5.41 Å². The van der Waals surface area contributed by atoms with Crippen molar-refractivity contribution in [3.63, 3.8) is 0 Å². The number of carbonyl (C=O) groups is 2. The van der Waals surface area contributed by atoms with Crippen LogP contribution in [0.15, 0.2) is 0 Å². The normalized spacial score (nSPS) is 18.2. The molecule has 0 spiro atoms. The molecule has 0 radical (unpaired) electrons. The Kier molecular flexibility index (Phi) is 5.55. The molecule has 18 heavy (non-hydrogen) atoms. The van der Waals surface area contributed by atoms with Crippen LogP contribution < -0.4 is 10.6 Å². The Labute approximate surface area is 108 Å². The lowest BCUT2D eigenvalue weighted by molar-refractivity contribution is -0.139. The highest BCUT2D eigenvalue weighted by Gasteiger charge is 2.39. The summed E-state index contributed by atoms with van der Waals surface area (Å²) in [7, 11) is 4.94. The lowest BCUT2D eigenvalue weighted by Crippen LogP contribution is -2.51. The van der Waals surface area contributed by atoms with Gasteiger partial charge in [-0.2, -0.15) is 0 Å². The Morgan fingerprint density at radius 2 is 1.94 bits per heavy atom. The van der Waals surface area contributed by atoms with Gasteiger partial charge in [0.25, 0.3) is 0 Å². The smallest absolute Gasteiger partial charge is 0.241 e. The van der Waals surface area contributed by atoms with Crippen LogP contribution >= 0.6 is 0 Å². The molecule has 0 aliphatic carbocycles. The first-order valence-corrected chi connectivity index (χ1v) is 6.20. The lowest BCUT2D eigenvalue weighted by atomic mass is 9.78. The van der Waals surface area contributed by atoms with Gasteiger partial charge in [0.2, 0.25) is 11.8 Å². The number of hydrogen-bond donors (Lipinski definition) is 2. The number of nitrogens with one attached hydrogen (secondary N) is 2. The molecule has 6 heteroatoms. The number of piperidine rings is 1. The molecule has 1 heterocycles. The predicted octanol–water partition coefficient (Wildman–Crippen LogP) is -0.793. The van der Waals surface area contributed by atoms with Crippen LogP contribution in [0.5, 0.6) is 0 Å². The van der Waals surface area contributed by atoms with Crippen molar-refractivity contribution in [1.82, 2.24) is 15.5 Å². The van der Waals surface area contributed by atoms with Gasteiger partial charge in [-0.3, -0.25) is 9.59 Å². The maximum atomic E-state index is 12.2. The maximum absolute atomic E-state index is 12.2. The number of amides is 2. The number of rotatable bonds is 5. The molecule has 1 fully saturated rings. The summed E-state index contributed by atoms with van der Waals surface area (Å²) in [6.07, 6.45) is 1.48. The van der Waals surface area contributed by atoms with E-state index in [0.717, 1.165) is 25.9 Å². The van der Waals surface area contributed by atoms with Crippen LogP contribution in [0, 0.1) is 5.41 Å². The molecular weight excluding hydrogens is 234 g/mol. The molecule has 0 atom stereocenters. The molecular formula is C12H23N3O3. The van der Waals surface area contributed by atoms with Crippen LogP contribution in [-0.4, -0.2) is 64.2 Å². The Morgan fingerprint density at radius 3 is 2.44 bits per heavy atom. The van der Waals surface area contributed by atoms with Crippen molar-refractivity contribution < 1.29 is 14.3 Å². The molecule has 0 aromatic heterocycles. The van der Waals surface area contributed by atoms with Crippen molar-refractivity contribution in [3.8, 4) is 0 Å². The van der Waals surface area contributed by atoms with E-state index in [2.05, 4.69) is 10.6 Å². The van der Waals surface area contributed by atoms with Crippen LogP contribution in [0.25, 0.3) is 0 Å². The fourth-order valence-corrected chi connectivity index (χ4v) is 2.12. The third kappa shape index (κ3) is 3.68. The van der Waals surface area contributed by atoms with Gasteiger partial charge in [-0.05, 0) is 25.9 Å². The van der Waals surface area contributed by atoms with Gasteiger partial charge in [-0.15, -0.1) is 0 Å². The fraction of sp³-hybridized carbons (Fsp3) is 0.833. The second-order valence-corrected chi connectivity index (χ2v) is 4.93.